The van der Waals surface area contributed by atoms with Crippen molar-refractivity contribution in [2.45, 2.75) is 44.8 Å². The molecule has 1 fully saturated rings. The van der Waals surface area contributed by atoms with E-state index in [0.29, 0.717) is 6.54 Å². The minimum atomic E-state index is -1.90. The fourth-order valence-electron chi connectivity index (χ4n) is 2.02. The van der Waals surface area contributed by atoms with Crippen LogP contribution in [-0.4, -0.2) is 20.8 Å². The number of carbonyl (C=O) groups is 1. The van der Waals surface area contributed by atoms with Gasteiger partial charge in [0.25, 0.3) is 0 Å². The topological polar surface area (TPSA) is 38.3 Å². The molecule has 1 aromatic rings. The van der Waals surface area contributed by atoms with Crippen LogP contribution in [0.3, 0.4) is 0 Å². The molecule has 4 heteroatoms. The zero-order valence-electron chi connectivity index (χ0n) is 13.0. The summed E-state index contributed by atoms with van der Waals surface area (Å²) in [7, 11) is -1.90. The molecule has 1 N–H and O–H groups in total. The van der Waals surface area contributed by atoms with E-state index in [1.54, 1.807) is 0 Å². The minimum Gasteiger partial charge on any atom is -0.543 e. The Bertz CT molecular complexity index is 505. The predicted molar refractivity (Wildman–Crippen MR) is 84.3 cm³/mol. The van der Waals surface area contributed by atoms with Crippen molar-refractivity contribution in [1.29, 1.82) is 0 Å². The Balaban J connectivity index is 2.31. The number of amides is 1. The summed E-state index contributed by atoms with van der Waals surface area (Å²) in [5, 5.41) is 2.99. The molecular formula is C16H24NO2Si. The van der Waals surface area contributed by atoms with E-state index in [1.165, 1.54) is 0 Å². The average Bonchev–Trinajstić information content (AvgIpc) is 2.74. The molecule has 0 aliphatic carbocycles. The molecular weight excluding hydrogens is 266 g/mol. The standard InChI is InChI=1S/C16H24NO2Si/c1-16(2,3)20(4,5)19-14-9-7-6-8-12(14)13-10-11-17-15(13)18/h6-10,13H,11H2,1-5H3,(H,17,18). The molecule has 0 saturated carbocycles. The van der Waals surface area contributed by atoms with Gasteiger partial charge in [-0.25, -0.2) is 0 Å². The Hall–Kier alpha value is -1.29. The van der Waals surface area contributed by atoms with E-state index in [1.807, 2.05) is 30.7 Å². The van der Waals surface area contributed by atoms with Crippen molar-refractivity contribution in [3.05, 3.63) is 36.2 Å². The molecule has 1 atom stereocenters. The van der Waals surface area contributed by atoms with Gasteiger partial charge in [0.1, 0.15) is 5.75 Å². The van der Waals surface area contributed by atoms with Gasteiger partial charge in [-0.3, -0.25) is 4.79 Å². The van der Waals surface area contributed by atoms with Crippen molar-refractivity contribution < 1.29 is 9.22 Å². The van der Waals surface area contributed by atoms with Crippen molar-refractivity contribution in [2.24, 2.45) is 0 Å². The molecule has 1 heterocycles. The lowest BCUT2D eigenvalue weighted by Gasteiger charge is -2.37. The van der Waals surface area contributed by atoms with E-state index in [0.717, 1.165) is 11.3 Å². The smallest absolute Gasteiger partial charge is 0.250 e. The van der Waals surface area contributed by atoms with Gasteiger partial charge in [0, 0.05) is 12.1 Å². The monoisotopic (exact) mass is 290 g/mol. The molecule has 109 valence electrons. The summed E-state index contributed by atoms with van der Waals surface area (Å²) in [5.74, 6) is 0.740. The third-order valence-electron chi connectivity index (χ3n) is 4.34. The molecule has 0 aromatic heterocycles. The zero-order chi connectivity index (χ0) is 15.0. The largest absolute Gasteiger partial charge is 0.543 e. The molecule has 3 nitrogen and oxygen atoms in total. The first-order chi connectivity index (χ1) is 9.22. The van der Waals surface area contributed by atoms with Crippen LogP contribution in [0.1, 0.15) is 32.3 Å². The number of rotatable bonds is 3. The molecule has 1 amide bonds. The lowest BCUT2D eigenvalue weighted by atomic mass is 9.97. The lowest BCUT2D eigenvalue weighted by Crippen LogP contribution is -2.44. The summed E-state index contributed by atoms with van der Waals surface area (Å²) in [6.07, 6.45) is 2.01. The molecule has 0 bridgehead atoms. The summed E-state index contributed by atoms with van der Waals surface area (Å²) in [4.78, 5) is 11.9. The van der Waals surface area contributed by atoms with Crippen molar-refractivity contribution >= 4 is 14.2 Å². The van der Waals surface area contributed by atoms with Crippen molar-refractivity contribution in [3.63, 3.8) is 0 Å². The summed E-state index contributed by atoms with van der Waals surface area (Å²) in [5.41, 5.74) is 0.979. The summed E-state index contributed by atoms with van der Waals surface area (Å²) >= 11 is 0. The van der Waals surface area contributed by atoms with Gasteiger partial charge in [0.2, 0.25) is 14.2 Å². The highest BCUT2D eigenvalue weighted by Gasteiger charge is 2.40. The van der Waals surface area contributed by atoms with Crippen molar-refractivity contribution in [1.82, 2.24) is 5.32 Å². The molecule has 1 aliphatic rings. The Morgan fingerprint density at radius 3 is 2.45 bits per heavy atom. The highest BCUT2D eigenvalue weighted by Crippen LogP contribution is 2.40. The summed E-state index contributed by atoms with van der Waals surface area (Å²) in [6.45, 7) is 11.7. The average molecular weight is 290 g/mol. The Morgan fingerprint density at radius 2 is 1.90 bits per heavy atom. The predicted octanol–water partition coefficient (Wildman–Crippen LogP) is 3.49. The Labute approximate surface area is 122 Å². The molecule has 1 radical (unpaired) electrons. The van der Waals surface area contributed by atoms with E-state index < -0.39 is 8.32 Å². The van der Waals surface area contributed by atoms with Gasteiger partial charge in [-0.15, -0.1) is 0 Å². The van der Waals surface area contributed by atoms with Crippen LogP contribution in [0.25, 0.3) is 0 Å². The zero-order valence-corrected chi connectivity index (χ0v) is 14.0. The minimum absolute atomic E-state index is 0.0660. The fourth-order valence-corrected chi connectivity index (χ4v) is 3.06. The van der Waals surface area contributed by atoms with Gasteiger partial charge >= 0.3 is 0 Å². The highest BCUT2D eigenvalue weighted by atomic mass is 28.4. The fraction of sp³-hybridized carbons (Fsp3) is 0.500. The normalized spacial score (nSPS) is 19.9. The molecule has 20 heavy (non-hydrogen) atoms. The van der Waals surface area contributed by atoms with Crippen molar-refractivity contribution in [2.75, 3.05) is 6.54 Å². The van der Waals surface area contributed by atoms with Crippen LogP contribution in [0.15, 0.2) is 24.3 Å². The third-order valence-corrected chi connectivity index (χ3v) is 8.68. The number of nitrogens with one attached hydrogen (secondary N) is 1. The van der Waals surface area contributed by atoms with E-state index in [2.05, 4.69) is 39.2 Å². The molecule has 1 unspecified atom stereocenters. The van der Waals surface area contributed by atoms with E-state index in [-0.39, 0.29) is 16.9 Å². The summed E-state index contributed by atoms with van der Waals surface area (Å²) in [6, 6.07) is 7.91. The Morgan fingerprint density at radius 1 is 1.25 bits per heavy atom. The quantitative estimate of drug-likeness (QED) is 0.865. The first kappa shape index (κ1) is 15.1. The van der Waals surface area contributed by atoms with Gasteiger partial charge in [-0.2, -0.15) is 0 Å². The maximum Gasteiger partial charge on any atom is 0.250 e. The van der Waals surface area contributed by atoms with Crippen LogP contribution in [0.2, 0.25) is 18.1 Å². The third kappa shape index (κ3) is 2.90. The molecule has 0 spiro atoms. The number of carbonyl (C=O) groups excluding carboxylic acids is 1. The molecule has 1 saturated heterocycles. The van der Waals surface area contributed by atoms with E-state index in [9.17, 15) is 4.79 Å². The molecule has 1 aromatic carbocycles. The van der Waals surface area contributed by atoms with Gasteiger partial charge in [-0.05, 0) is 30.6 Å². The van der Waals surface area contributed by atoms with Crippen molar-refractivity contribution in [3.8, 4) is 5.75 Å². The van der Waals surface area contributed by atoms with Crippen LogP contribution in [0, 0.1) is 6.42 Å². The second-order valence-corrected chi connectivity index (χ2v) is 11.6. The van der Waals surface area contributed by atoms with Gasteiger partial charge < -0.3 is 9.74 Å². The number of benzene rings is 1. The van der Waals surface area contributed by atoms with Crippen LogP contribution in [0.5, 0.6) is 5.75 Å². The summed E-state index contributed by atoms with van der Waals surface area (Å²) < 4.78 is 6.40. The maximum atomic E-state index is 11.9. The highest BCUT2D eigenvalue weighted by molar-refractivity contribution is 6.74. The van der Waals surface area contributed by atoms with E-state index in [4.69, 9.17) is 4.43 Å². The maximum absolute atomic E-state index is 11.9. The van der Waals surface area contributed by atoms with Crippen LogP contribution in [-0.2, 0) is 4.79 Å². The Kier molecular flexibility index (Phi) is 3.96. The first-order valence-electron chi connectivity index (χ1n) is 7.11. The lowest BCUT2D eigenvalue weighted by molar-refractivity contribution is -0.120. The van der Waals surface area contributed by atoms with E-state index >= 15 is 0 Å². The van der Waals surface area contributed by atoms with Crippen LogP contribution >= 0.6 is 0 Å². The van der Waals surface area contributed by atoms with Crippen LogP contribution < -0.4 is 9.74 Å². The number of hydrogen-bond donors (Lipinski definition) is 1. The van der Waals surface area contributed by atoms with Crippen LogP contribution in [0.4, 0.5) is 0 Å². The first-order valence-corrected chi connectivity index (χ1v) is 10.0. The number of para-hydroxylation sites is 1. The van der Waals surface area contributed by atoms with Gasteiger partial charge in [0.15, 0.2) is 0 Å². The molecule has 1 aliphatic heterocycles. The van der Waals surface area contributed by atoms with Gasteiger partial charge in [-0.1, -0.05) is 39.0 Å². The SMILES string of the molecule is CC(C)(C)[Si](C)(C)Oc1ccccc1C1[CH]CNC1=O. The van der Waals surface area contributed by atoms with Gasteiger partial charge in [0.05, 0.1) is 5.92 Å². The second kappa shape index (κ2) is 5.24. The second-order valence-electron chi connectivity index (χ2n) is 6.86. The number of hydrogen-bond acceptors (Lipinski definition) is 2. The molecule has 2 rings (SSSR count).